The van der Waals surface area contributed by atoms with Gasteiger partial charge < -0.3 is 9.47 Å². The van der Waals surface area contributed by atoms with Crippen LogP contribution in [-0.2, 0) is 16.1 Å². The fourth-order valence-electron chi connectivity index (χ4n) is 2.93. The predicted molar refractivity (Wildman–Crippen MR) is 108 cm³/mol. The van der Waals surface area contributed by atoms with Crippen LogP contribution < -0.4 is 14.4 Å². The number of imide groups is 2. The third kappa shape index (κ3) is 4.39. The van der Waals surface area contributed by atoms with Crippen molar-refractivity contribution in [3.8, 4) is 11.5 Å². The van der Waals surface area contributed by atoms with Crippen LogP contribution in [0, 0.1) is 0 Å². The minimum Gasteiger partial charge on any atom is -0.490 e. The summed E-state index contributed by atoms with van der Waals surface area (Å²) in [5.41, 5.74) is 1.04. The number of hydrogen-bond acceptors (Lipinski definition) is 5. The van der Waals surface area contributed by atoms with Crippen molar-refractivity contribution in [3.05, 3.63) is 54.1 Å². The standard InChI is InChI=1S/C22H24N2O5/c1-3-12-28-18-11-10-17(14-19(18)29-13-4-2)24-21(26)20(25)23(22(24)27)15-16-8-6-5-7-9-16/h5-11,14H,3-4,12-13,15H2,1-2H3. The molecule has 0 bridgehead atoms. The van der Waals surface area contributed by atoms with Gasteiger partial charge in [0.15, 0.2) is 11.5 Å². The van der Waals surface area contributed by atoms with Crippen LogP contribution in [0.5, 0.6) is 11.5 Å². The summed E-state index contributed by atoms with van der Waals surface area (Å²) in [7, 11) is 0. The monoisotopic (exact) mass is 396 g/mol. The summed E-state index contributed by atoms with van der Waals surface area (Å²) in [4.78, 5) is 39.7. The van der Waals surface area contributed by atoms with Crippen molar-refractivity contribution in [2.75, 3.05) is 18.1 Å². The largest absolute Gasteiger partial charge is 0.490 e. The number of nitrogens with zero attached hydrogens (tertiary/aromatic N) is 2. The number of ether oxygens (including phenoxy) is 2. The van der Waals surface area contributed by atoms with Gasteiger partial charge in [0.05, 0.1) is 25.4 Å². The quantitative estimate of drug-likeness (QED) is 0.476. The molecule has 1 fully saturated rings. The van der Waals surface area contributed by atoms with Gasteiger partial charge in [-0.25, -0.2) is 9.69 Å². The van der Waals surface area contributed by atoms with Crippen LogP contribution in [0.3, 0.4) is 0 Å². The van der Waals surface area contributed by atoms with E-state index in [1.54, 1.807) is 30.3 Å². The third-order valence-corrected chi connectivity index (χ3v) is 4.35. The molecule has 0 radical (unpaired) electrons. The molecular weight excluding hydrogens is 372 g/mol. The smallest absolute Gasteiger partial charge is 0.339 e. The normalized spacial score (nSPS) is 13.9. The summed E-state index contributed by atoms with van der Waals surface area (Å²) in [6.07, 6.45) is 1.63. The number of rotatable bonds is 9. The lowest BCUT2D eigenvalue weighted by Crippen LogP contribution is -2.33. The highest BCUT2D eigenvalue weighted by molar-refractivity contribution is 6.52. The van der Waals surface area contributed by atoms with Gasteiger partial charge in [-0.15, -0.1) is 0 Å². The maximum atomic E-state index is 12.9. The van der Waals surface area contributed by atoms with Gasteiger partial charge in [0, 0.05) is 6.07 Å². The second kappa shape index (κ2) is 9.23. The van der Waals surface area contributed by atoms with E-state index < -0.39 is 17.8 Å². The molecule has 1 heterocycles. The van der Waals surface area contributed by atoms with E-state index in [0.29, 0.717) is 24.7 Å². The molecule has 0 spiro atoms. The first-order valence-corrected chi connectivity index (χ1v) is 9.70. The average Bonchev–Trinajstić information content (AvgIpc) is 2.95. The van der Waals surface area contributed by atoms with Crippen LogP contribution in [0.15, 0.2) is 48.5 Å². The predicted octanol–water partition coefficient (Wildman–Crippen LogP) is 3.76. The molecule has 0 unspecified atom stereocenters. The van der Waals surface area contributed by atoms with E-state index in [1.165, 1.54) is 0 Å². The Morgan fingerprint density at radius 1 is 0.793 bits per heavy atom. The maximum Gasteiger partial charge on any atom is 0.339 e. The van der Waals surface area contributed by atoms with Crippen LogP contribution in [0.25, 0.3) is 0 Å². The van der Waals surface area contributed by atoms with Gasteiger partial charge >= 0.3 is 17.8 Å². The molecule has 0 aromatic heterocycles. The fourth-order valence-corrected chi connectivity index (χ4v) is 2.93. The van der Waals surface area contributed by atoms with Crippen LogP contribution in [0.1, 0.15) is 32.3 Å². The Balaban J connectivity index is 1.87. The SMILES string of the molecule is CCCOc1ccc(N2C(=O)C(=O)N(Cc3ccccc3)C2=O)cc1OCCC. The van der Waals surface area contributed by atoms with E-state index in [-0.39, 0.29) is 12.2 Å². The fraction of sp³-hybridized carbons (Fsp3) is 0.318. The minimum atomic E-state index is -0.880. The van der Waals surface area contributed by atoms with Gasteiger partial charge in [-0.05, 0) is 30.5 Å². The van der Waals surface area contributed by atoms with Crippen molar-refractivity contribution in [1.82, 2.24) is 4.90 Å². The maximum absolute atomic E-state index is 12.9. The zero-order valence-corrected chi connectivity index (χ0v) is 16.6. The first-order chi connectivity index (χ1) is 14.1. The summed E-state index contributed by atoms with van der Waals surface area (Å²) >= 11 is 0. The van der Waals surface area contributed by atoms with Gasteiger partial charge in [0.2, 0.25) is 0 Å². The van der Waals surface area contributed by atoms with Crippen LogP contribution in [-0.4, -0.2) is 36.0 Å². The van der Waals surface area contributed by atoms with E-state index in [0.717, 1.165) is 28.2 Å². The van der Waals surface area contributed by atoms with Gasteiger partial charge in [-0.3, -0.25) is 14.5 Å². The summed E-state index contributed by atoms with van der Waals surface area (Å²) in [6.45, 7) is 5.00. The molecule has 4 amide bonds. The summed E-state index contributed by atoms with van der Waals surface area (Å²) < 4.78 is 11.4. The summed E-state index contributed by atoms with van der Waals surface area (Å²) in [5.74, 6) is -0.751. The number of benzene rings is 2. The second-order valence-electron chi connectivity index (χ2n) is 6.63. The molecule has 0 atom stereocenters. The first kappa shape index (κ1) is 20.4. The van der Waals surface area contributed by atoms with Crippen molar-refractivity contribution in [1.29, 1.82) is 0 Å². The van der Waals surface area contributed by atoms with Crippen LogP contribution >= 0.6 is 0 Å². The van der Waals surface area contributed by atoms with E-state index >= 15 is 0 Å². The van der Waals surface area contributed by atoms with Crippen molar-refractivity contribution >= 4 is 23.5 Å². The van der Waals surface area contributed by atoms with Crippen molar-refractivity contribution in [3.63, 3.8) is 0 Å². The Bertz CT molecular complexity index is 897. The molecule has 29 heavy (non-hydrogen) atoms. The molecule has 1 aliphatic rings. The molecule has 0 N–H and O–H groups in total. The molecule has 1 saturated heterocycles. The third-order valence-electron chi connectivity index (χ3n) is 4.35. The molecule has 152 valence electrons. The second-order valence-corrected chi connectivity index (χ2v) is 6.63. The van der Waals surface area contributed by atoms with Gasteiger partial charge in [0.25, 0.3) is 0 Å². The van der Waals surface area contributed by atoms with Gasteiger partial charge in [-0.1, -0.05) is 44.2 Å². The molecule has 1 aliphatic heterocycles. The highest BCUT2D eigenvalue weighted by Crippen LogP contribution is 2.34. The zero-order valence-electron chi connectivity index (χ0n) is 16.6. The van der Waals surface area contributed by atoms with E-state index in [2.05, 4.69) is 0 Å². The summed E-state index contributed by atoms with van der Waals surface area (Å²) in [6, 6.07) is 13.2. The Kier molecular flexibility index (Phi) is 6.49. The van der Waals surface area contributed by atoms with Crippen LogP contribution in [0.2, 0.25) is 0 Å². The molecule has 2 aromatic rings. The first-order valence-electron chi connectivity index (χ1n) is 9.70. The molecule has 2 aromatic carbocycles. The molecule has 7 nitrogen and oxygen atoms in total. The number of carbonyl (C=O) groups excluding carboxylic acids is 3. The minimum absolute atomic E-state index is 0.0393. The Morgan fingerprint density at radius 2 is 1.45 bits per heavy atom. The highest BCUT2D eigenvalue weighted by atomic mass is 16.5. The molecule has 0 aliphatic carbocycles. The number of carbonyl (C=O) groups is 3. The van der Waals surface area contributed by atoms with Gasteiger partial charge in [0.1, 0.15) is 0 Å². The van der Waals surface area contributed by atoms with E-state index in [4.69, 9.17) is 9.47 Å². The Morgan fingerprint density at radius 3 is 2.10 bits per heavy atom. The Labute approximate surface area is 169 Å². The lowest BCUT2D eigenvalue weighted by atomic mass is 10.2. The van der Waals surface area contributed by atoms with Crippen molar-refractivity contribution in [2.45, 2.75) is 33.2 Å². The molecular formula is C22H24N2O5. The van der Waals surface area contributed by atoms with Crippen LogP contribution in [0.4, 0.5) is 10.5 Å². The topological polar surface area (TPSA) is 76.2 Å². The van der Waals surface area contributed by atoms with Crippen molar-refractivity contribution < 1.29 is 23.9 Å². The molecule has 0 saturated carbocycles. The van der Waals surface area contributed by atoms with Crippen molar-refractivity contribution in [2.24, 2.45) is 0 Å². The highest BCUT2D eigenvalue weighted by Gasteiger charge is 2.45. The average molecular weight is 396 g/mol. The lowest BCUT2D eigenvalue weighted by Gasteiger charge is -2.18. The van der Waals surface area contributed by atoms with E-state index in [9.17, 15) is 14.4 Å². The lowest BCUT2D eigenvalue weighted by molar-refractivity contribution is -0.139. The molecule has 3 rings (SSSR count). The number of urea groups is 1. The number of amides is 4. The summed E-state index contributed by atoms with van der Waals surface area (Å²) in [5, 5.41) is 0. The number of anilines is 1. The molecule has 7 heteroatoms. The Hall–Kier alpha value is -3.35. The zero-order chi connectivity index (χ0) is 20.8. The number of hydrogen-bond donors (Lipinski definition) is 0. The van der Waals surface area contributed by atoms with Gasteiger partial charge in [-0.2, -0.15) is 0 Å². The van der Waals surface area contributed by atoms with E-state index in [1.807, 2.05) is 32.0 Å².